The molecule has 1 fully saturated rings. The Labute approximate surface area is 194 Å². The Morgan fingerprint density at radius 3 is 2.70 bits per heavy atom. The van der Waals surface area contributed by atoms with Crippen molar-refractivity contribution < 1.29 is 13.9 Å². The van der Waals surface area contributed by atoms with E-state index in [1.165, 1.54) is 24.8 Å². The van der Waals surface area contributed by atoms with Crippen molar-refractivity contribution in [2.45, 2.75) is 58.5 Å². The summed E-state index contributed by atoms with van der Waals surface area (Å²) in [5, 5.41) is 3.79. The first-order valence-corrected chi connectivity index (χ1v) is 11.7. The zero-order valence-electron chi connectivity index (χ0n) is 19.6. The van der Waals surface area contributed by atoms with Gasteiger partial charge in [-0.1, -0.05) is 18.6 Å². The smallest absolute Gasteiger partial charge is 0.339 e. The summed E-state index contributed by atoms with van der Waals surface area (Å²) in [5.74, 6) is 0.509. The number of benzene rings is 2. The zero-order chi connectivity index (χ0) is 23.4. The molecular formula is C27H32N2O4. The number of methoxy groups -OCH3 is 1. The number of carbonyl (C=O) groups is 1. The number of amides is 1. The lowest BCUT2D eigenvalue weighted by molar-refractivity contribution is -0.116. The molecule has 33 heavy (non-hydrogen) atoms. The number of hydrogen-bond donors (Lipinski definition) is 1. The maximum atomic E-state index is 12.5. The van der Waals surface area contributed by atoms with Gasteiger partial charge >= 0.3 is 5.63 Å². The molecular weight excluding hydrogens is 416 g/mol. The molecule has 4 rings (SSSR count). The van der Waals surface area contributed by atoms with Gasteiger partial charge in [-0.2, -0.15) is 0 Å². The third kappa shape index (κ3) is 5.45. The number of likely N-dealkylation sites (tertiary alicyclic amines) is 1. The fraction of sp³-hybridized carbons (Fsp3) is 0.407. The highest BCUT2D eigenvalue weighted by Gasteiger charge is 2.18. The first-order chi connectivity index (χ1) is 15.9. The highest BCUT2D eigenvalue weighted by atomic mass is 16.5. The quantitative estimate of drug-likeness (QED) is 0.512. The van der Waals surface area contributed by atoms with Gasteiger partial charge in [-0.05, 0) is 75.0 Å². The van der Waals surface area contributed by atoms with Crippen LogP contribution >= 0.6 is 0 Å². The van der Waals surface area contributed by atoms with Gasteiger partial charge in [0.15, 0.2) is 0 Å². The molecule has 174 valence electrons. The minimum atomic E-state index is -0.405. The predicted molar refractivity (Wildman–Crippen MR) is 131 cm³/mol. The van der Waals surface area contributed by atoms with Crippen LogP contribution in [0.1, 0.15) is 49.3 Å². The molecule has 6 heteroatoms. The number of carbonyl (C=O) groups excluding carboxylic acids is 1. The van der Waals surface area contributed by atoms with Gasteiger partial charge in [0.2, 0.25) is 5.91 Å². The van der Waals surface area contributed by atoms with Crippen molar-refractivity contribution in [2.24, 2.45) is 0 Å². The molecule has 0 spiro atoms. The number of hydrogen-bond acceptors (Lipinski definition) is 5. The van der Waals surface area contributed by atoms with E-state index in [2.05, 4.69) is 29.3 Å². The molecule has 1 N–H and O–H groups in total. The van der Waals surface area contributed by atoms with Gasteiger partial charge < -0.3 is 14.5 Å². The highest BCUT2D eigenvalue weighted by molar-refractivity contribution is 5.91. The number of piperidine rings is 1. The Hall–Kier alpha value is -3.12. The number of nitrogens with one attached hydrogen (secondary N) is 1. The zero-order valence-corrected chi connectivity index (χ0v) is 19.6. The van der Waals surface area contributed by atoms with Crippen molar-refractivity contribution in [3.05, 3.63) is 69.6 Å². The molecule has 3 aromatic rings. The Balaban J connectivity index is 1.36. The average molecular weight is 449 g/mol. The van der Waals surface area contributed by atoms with E-state index >= 15 is 0 Å². The monoisotopic (exact) mass is 448 g/mol. The molecule has 0 radical (unpaired) electrons. The number of rotatable bonds is 7. The second-order valence-corrected chi connectivity index (χ2v) is 8.92. The Morgan fingerprint density at radius 2 is 1.97 bits per heavy atom. The minimum Gasteiger partial charge on any atom is -0.497 e. The number of fused-ring (bicyclic) bond motifs is 1. The van der Waals surface area contributed by atoms with E-state index in [1.54, 1.807) is 13.2 Å². The summed E-state index contributed by atoms with van der Waals surface area (Å²) in [6, 6.07) is 14.1. The molecule has 6 nitrogen and oxygen atoms in total. The topological polar surface area (TPSA) is 71.8 Å². The van der Waals surface area contributed by atoms with Crippen LogP contribution in [-0.2, 0) is 17.8 Å². The molecule has 2 heterocycles. The first kappa shape index (κ1) is 23.1. The van der Waals surface area contributed by atoms with Crippen molar-refractivity contribution in [3.63, 3.8) is 0 Å². The molecule has 1 atom stereocenters. The summed E-state index contributed by atoms with van der Waals surface area (Å²) in [5.41, 5.74) is 3.48. The van der Waals surface area contributed by atoms with Crippen LogP contribution in [0.25, 0.3) is 11.0 Å². The van der Waals surface area contributed by atoms with Gasteiger partial charge in [0.05, 0.1) is 7.11 Å². The maximum absolute atomic E-state index is 12.5. The summed E-state index contributed by atoms with van der Waals surface area (Å²) < 4.78 is 10.7. The molecule has 1 aliphatic heterocycles. The van der Waals surface area contributed by atoms with Crippen molar-refractivity contribution in [3.8, 4) is 5.75 Å². The largest absolute Gasteiger partial charge is 0.497 e. The van der Waals surface area contributed by atoms with E-state index in [9.17, 15) is 9.59 Å². The fourth-order valence-corrected chi connectivity index (χ4v) is 4.57. The molecule has 2 aromatic carbocycles. The molecule has 1 saturated heterocycles. The lowest BCUT2D eigenvalue weighted by atomic mass is 10.0. The Kier molecular flexibility index (Phi) is 7.14. The minimum absolute atomic E-state index is 0.124. The Bertz CT molecular complexity index is 1180. The number of anilines is 1. The predicted octanol–water partition coefficient (Wildman–Crippen LogP) is 5.06. The van der Waals surface area contributed by atoms with E-state index in [0.717, 1.165) is 29.7 Å². The van der Waals surface area contributed by atoms with Crippen LogP contribution in [0.3, 0.4) is 0 Å². The standard InChI is InChI=1S/C27H32N2O4/c1-18-6-4-5-15-29(18)17-20-7-9-21(10-8-20)28-26(30)14-13-24-19(2)23-12-11-22(32-3)16-25(23)33-27(24)31/h7-12,16,18H,4-6,13-15,17H2,1-3H3,(H,28,30). The molecule has 0 aliphatic carbocycles. The third-order valence-corrected chi connectivity index (χ3v) is 6.66. The summed E-state index contributed by atoms with van der Waals surface area (Å²) >= 11 is 0. The number of ether oxygens (including phenoxy) is 1. The van der Waals surface area contributed by atoms with Crippen LogP contribution in [0.2, 0.25) is 0 Å². The van der Waals surface area contributed by atoms with Crippen LogP contribution < -0.4 is 15.7 Å². The van der Waals surface area contributed by atoms with Gasteiger partial charge in [0.1, 0.15) is 11.3 Å². The van der Waals surface area contributed by atoms with Gasteiger partial charge in [-0.15, -0.1) is 0 Å². The fourth-order valence-electron chi connectivity index (χ4n) is 4.57. The maximum Gasteiger partial charge on any atom is 0.339 e. The van der Waals surface area contributed by atoms with Crippen LogP contribution in [0.15, 0.2) is 51.7 Å². The van der Waals surface area contributed by atoms with Crippen LogP contribution in [-0.4, -0.2) is 30.5 Å². The van der Waals surface area contributed by atoms with E-state index in [0.29, 0.717) is 29.4 Å². The summed E-state index contributed by atoms with van der Waals surface area (Å²) in [7, 11) is 1.57. The second kappa shape index (κ2) is 10.2. The Morgan fingerprint density at radius 1 is 1.18 bits per heavy atom. The molecule has 0 bridgehead atoms. The lowest BCUT2D eigenvalue weighted by Gasteiger charge is -2.33. The molecule has 1 unspecified atom stereocenters. The van der Waals surface area contributed by atoms with Crippen molar-refractivity contribution in [2.75, 3.05) is 19.0 Å². The van der Waals surface area contributed by atoms with E-state index < -0.39 is 5.63 Å². The summed E-state index contributed by atoms with van der Waals surface area (Å²) in [4.78, 5) is 27.6. The SMILES string of the molecule is COc1ccc2c(C)c(CCC(=O)Nc3ccc(CN4CCCCC4C)cc3)c(=O)oc2c1. The van der Waals surface area contributed by atoms with E-state index in [4.69, 9.17) is 9.15 Å². The molecule has 0 saturated carbocycles. The van der Waals surface area contributed by atoms with Crippen molar-refractivity contribution in [1.29, 1.82) is 0 Å². The van der Waals surface area contributed by atoms with Crippen LogP contribution in [0.5, 0.6) is 5.75 Å². The van der Waals surface area contributed by atoms with Crippen molar-refractivity contribution >= 4 is 22.6 Å². The number of aryl methyl sites for hydroxylation is 1. The summed E-state index contributed by atoms with van der Waals surface area (Å²) in [6.07, 6.45) is 4.38. The lowest BCUT2D eigenvalue weighted by Crippen LogP contribution is -2.36. The number of nitrogens with zero attached hydrogens (tertiary/aromatic N) is 1. The molecule has 1 aliphatic rings. The van der Waals surface area contributed by atoms with Gasteiger partial charge in [0.25, 0.3) is 0 Å². The average Bonchev–Trinajstić information content (AvgIpc) is 2.81. The van der Waals surface area contributed by atoms with Crippen molar-refractivity contribution in [1.82, 2.24) is 4.90 Å². The van der Waals surface area contributed by atoms with Gasteiger partial charge in [-0.25, -0.2) is 4.79 Å². The first-order valence-electron chi connectivity index (χ1n) is 11.7. The van der Waals surface area contributed by atoms with E-state index in [1.807, 2.05) is 31.2 Å². The summed E-state index contributed by atoms with van der Waals surface area (Å²) in [6.45, 7) is 6.27. The third-order valence-electron chi connectivity index (χ3n) is 6.66. The van der Waals surface area contributed by atoms with E-state index in [-0.39, 0.29) is 12.3 Å². The van der Waals surface area contributed by atoms with Gasteiger partial charge in [-0.3, -0.25) is 9.69 Å². The molecule has 1 amide bonds. The second-order valence-electron chi connectivity index (χ2n) is 8.92. The normalized spacial score (nSPS) is 16.6. The molecule has 1 aromatic heterocycles. The highest BCUT2D eigenvalue weighted by Crippen LogP contribution is 2.25. The van der Waals surface area contributed by atoms with Crippen LogP contribution in [0.4, 0.5) is 5.69 Å². The van der Waals surface area contributed by atoms with Crippen LogP contribution in [0, 0.1) is 6.92 Å². The van der Waals surface area contributed by atoms with Gasteiger partial charge in [0, 0.05) is 41.7 Å².